The molecule has 2 N–H and O–H groups in total. The summed E-state index contributed by atoms with van der Waals surface area (Å²) in [6.45, 7) is 5.70. The molecule has 2 aromatic heterocycles. The van der Waals surface area contributed by atoms with E-state index in [0.717, 1.165) is 16.9 Å². The second-order valence-electron chi connectivity index (χ2n) is 7.84. The molecule has 1 aliphatic rings. The number of hydrogen-bond donors (Lipinski definition) is 2. The Balaban J connectivity index is 1.62. The van der Waals surface area contributed by atoms with Crippen molar-refractivity contribution >= 4 is 27.3 Å². The van der Waals surface area contributed by atoms with Gasteiger partial charge in [-0.1, -0.05) is 56.3 Å². The maximum Gasteiger partial charge on any atom is 0.325 e. The van der Waals surface area contributed by atoms with E-state index in [-0.39, 0.29) is 16.0 Å². The van der Waals surface area contributed by atoms with E-state index in [4.69, 9.17) is 4.52 Å². The predicted octanol–water partition coefficient (Wildman–Crippen LogP) is 4.06. The number of carbonyl (C=O) groups is 1. The van der Waals surface area contributed by atoms with Crippen LogP contribution in [0.2, 0.25) is 0 Å². The van der Waals surface area contributed by atoms with E-state index in [1.165, 1.54) is 6.07 Å². The first-order chi connectivity index (χ1) is 14.2. The maximum atomic E-state index is 13.1. The molecule has 3 atom stereocenters. The third kappa shape index (κ3) is 3.36. The van der Waals surface area contributed by atoms with Crippen LogP contribution in [0, 0.1) is 5.92 Å². The average molecular weight is 447 g/mol. The number of rotatable bonds is 7. The maximum absolute atomic E-state index is 13.1. The number of thiophene rings is 1. The topological polar surface area (TPSA) is 110 Å². The SMILES string of the molecule is CC(C)c1cc(-c2ccc(S(=O)(=O)N[C@@]3(C(=O)O)C(C)[C@@H]3c3ccccc3)s2)no1. The molecule has 1 saturated carbocycles. The van der Waals surface area contributed by atoms with E-state index in [2.05, 4.69) is 9.88 Å². The summed E-state index contributed by atoms with van der Waals surface area (Å²) in [6.07, 6.45) is 0. The van der Waals surface area contributed by atoms with E-state index in [0.29, 0.717) is 16.3 Å². The molecule has 1 aliphatic carbocycles. The van der Waals surface area contributed by atoms with E-state index in [1.807, 2.05) is 44.2 Å². The highest BCUT2D eigenvalue weighted by Gasteiger charge is 2.70. The number of nitrogens with zero attached hydrogens (tertiary/aromatic N) is 1. The van der Waals surface area contributed by atoms with Crippen molar-refractivity contribution in [2.75, 3.05) is 0 Å². The Morgan fingerprint density at radius 1 is 1.23 bits per heavy atom. The van der Waals surface area contributed by atoms with Crippen LogP contribution >= 0.6 is 11.3 Å². The lowest BCUT2D eigenvalue weighted by atomic mass is 10.1. The van der Waals surface area contributed by atoms with Crippen molar-refractivity contribution in [3.05, 3.63) is 59.9 Å². The fraction of sp³-hybridized carbons (Fsp3) is 0.333. The molecule has 0 spiro atoms. The number of carboxylic acids is 1. The molecule has 0 saturated heterocycles. The summed E-state index contributed by atoms with van der Waals surface area (Å²) in [5.74, 6) is -1.12. The summed E-state index contributed by atoms with van der Waals surface area (Å²) in [5, 5.41) is 13.9. The molecule has 1 fully saturated rings. The average Bonchev–Trinajstić information content (AvgIpc) is 3.14. The van der Waals surface area contributed by atoms with Crippen LogP contribution in [0.15, 0.2) is 57.3 Å². The molecular weight excluding hydrogens is 424 g/mol. The zero-order valence-corrected chi connectivity index (χ0v) is 18.3. The molecule has 0 amide bonds. The first-order valence-corrected chi connectivity index (χ1v) is 11.9. The molecule has 9 heteroatoms. The van der Waals surface area contributed by atoms with Gasteiger partial charge in [-0.3, -0.25) is 4.79 Å². The number of carboxylic acid groups (broad SMARTS) is 1. The van der Waals surface area contributed by atoms with Gasteiger partial charge < -0.3 is 9.63 Å². The van der Waals surface area contributed by atoms with Gasteiger partial charge in [-0.25, -0.2) is 8.42 Å². The smallest absolute Gasteiger partial charge is 0.325 e. The van der Waals surface area contributed by atoms with Gasteiger partial charge in [0.05, 0.1) is 4.88 Å². The van der Waals surface area contributed by atoms with E-state index >= 15 is 0 Å². The highest BCUT2D eigenvalue weighted by Crippen LogP contribution is 2.58. The predicted molar refractivity (Wildman–Crippen MR) is 113 cm³/mol. The molecule has 3 aromatic rings. The number of benzene rings is 1. The van der Waals surface area contributed by atoms with Crippen LogP contribution in [0.25, 0.3) is 10.6 Å². The highest BCUT2D eigenvalue weighted by molar-refractivity contribution is 7.91. The molecule has 0 bridgehead atoms. The van der Waals surface area contributed by atoms with Crippen molar-refractivity contribution in [2.24, 2.45) is 5.92 Å². The summed E-state index contributed by atoms with van der Waals surface area (Å²) in [6, 6.07) is 14.0. The van der Waals surface area contributed by atoms with Crippen LogP contribution in [-0.2, 0) is 14.8 Å². The number of hydrogen-bond acceptors (Lipinski definition) is 6. The lowest BCUT2D eigenvalue weighted by Crippen LogP contribution is -2.45. The Hall–Kier alpha value is -2.49. The summed E-state index contributed by atoms with van der Waals surface area (Å²) >= 11 is 1.03. The molecule has 4 rings (SSSR count). The molecule has 30 heavy (non-hydrogen) atoms. The molecule has 1 aromatic carbocycles. The minimum absolute atomic E-state index is 0.0399. The summed E-state index contributed by atoms with van der Waals surface area (Å²) < 4.78 is 33.9. The van der Waals surface area contributed by atoms with Crippen LogP contribution in [0.1, 0.15) is 43.9 Å². The van der Waals surface area contributed by atoms with Crippen LogP contribution in [0.5, 0.6) is 0 Å². The molecule has 158 valence electrons. The standard InChI is InChI=1S/C21H22N2O5S2/c1-12(2)16-11-15(22-28-16)17-9-10-18(29-17)30(26,27)23-21(20(24)25)13(3)19(21)14-7-5-4-6-8-14/h4-13,19,23H,1-3H3,(H,24,25)/t13?,19-,21+/m1/s1. The largest absolute Gasteiger partial charge is 0.480 e. The Labute approximate surface area is 178 Å². The van der Waals surface area contributed by atoms with Gasteiger partial charge in [-0.15, -0.1) is 11.3 Å². The van der Waals surface area contributed by atoms with Gasteiger partial charge >= 0.3 is 5.97 Å². The fourth-order valence-corrected chi connectivity index (χ4v) is 6.57. The van der Waals surface area contributed by atoms with E-state index in [9.17, 15) is 18.3 Å². The van der Waals surface area contributed by atoms with E-state index in [1.54, 1.807) is 19.1 Å². The third-order valence-corrected chi connectivity index (χ3v) is 8.69. The second-order valence-corrected chi connectivity index (χ2v) is 10.8. The van der Waals surface area contributed by atoms with Gasteiger partial charge in [0.15, 0.2) is 0 Å². The lowest BCUT2D eigenvalue weighted by Gasteiger charge is -2.15. The Bertz CT molecular complexity index is 1180. The minimum Gasteiger partial charge on any atom is -0.480 e. The van der Waals surface area contributed by atoms with Crippen molar-refractivity contribution in [3.63, 3.8) is 0 Å². The monoisotopic (exact) mass is 446 g/mol. The first kappa shape index (κ1) is 20.8. The highest BCUT2D eigenvalue weighted by atomic mass is 32.2. The van der Waals surface area contributed by atoms with Gasteiger partial charge in [0, 0.05) is 17.9 Å². The van der Waals surface area contributed by atoms with Crippen LogP contribution in [0.4, 0.5) is 0 Å². The second kappa shape index (κ2) is 7.33. The Morgan fingerprint density at radius 2 is 1.93 bits per heavy atom. The first-order valence-electron chi connectivity index (χ1n) is 9.56. The molecule has 1 unspecified atom stereocenters. The number of sulfonamides is 1. The van der Waals surface area contributed by atoms with E-state index < -0.39 is 27.4 Å². The van der Waals surface area contributed by atoms with Gasteiger partial charge in [0.2, 0.25) is 0 Å². The summed E-state index contributed by atoms with van der Waals surface area (Å²) in [7, 11) is -4.04. The van der Waals surface area contributed by atoms with Gasteiger partial charge in [0.25, 0.3) is 10.0 Å². The Kier molecular flexibility index (Phi) is 5.08. The van der Waals surface area contributed by atoms with Gasteiger partial charge in [-0.05, 0) is 23.6 Å². The van der Waals surface area contributed by atoms with Crippen molar-refractivity contribution in [2.45, 2.75) is 42.4 Å². The minimum atomic E-state index is -4.04. The van der Waals surface area contributed by atoms with Crippen LogP contribution in [-0.4, -0.2) is 30.2 Å². The number of aromatic nitrogens is 1. The van der Waals surface area contributed by atoms with Crippen molar-refractivity contribution < 1.29 is 22.8 Å². The molecule has 0 radical (unpaired) electrons. The number of nitrogens with one attached hydrogen (secondary N) is 1. The van der Waals surface area contributed by atoms with Crippen molar-refractivity contribution in [3.8, 4) is 10.6 Å². The van der Waals surface area contributed by atoms with Crippen LogP contribution < -0.4 is 4.72 Å². The third-order valence-electron chi connectivity index (χ3n) is 5.61. The molecular formula is C21H22N2O5S2. The van der Waals surface area contributed by atoms with Crippen molar-refractivity contribution in [1.29, 1.82) is 0 Å². The Morgan fingerprint density at radius 3 is 2.53 bits per heavy atom. The van der Waals surface area contributed by atoms with Crippen LogP contribution in [0.3, 0.4) is 0 Å². The van der Waals surface area contributed by atoms with Gasteiger partial charge in [-0.2, -0.15) is 4.72 Å². The zero-order chi connectivity index (χ0) is 21.7. The molecule has 0 aliphatic heterocycles. The molecule has 2 heterocycles. The molecule has 7 nitrogen and oxygen atoms in total. The summed E-state index contributed by atoms with van der Waals surface area (Å²) in [5.41, 5.74) is -0.214. The fourth-order valence-electron chi connectivity index (χ4n) is 3.85. The number of aliphatic carboxylic acids is 1. The van der Waals surface area contributed by atoms with Crippen molar-refractivity contribution in [1.82, 2.24) is 9.88 Å². The zero-order valence-electron chi connectivity index (χ0n) is 16.7. The van der Waals surface area contributed by atoms with Gasteiger partial charge in [0.1, 0.15) is 21.2 Å². The normalized spacial score (nSPS) is 23.6. The summed E-state index contributed by atoms with van der Waals surface area (Å²) in [4.78, 5) is 12.8. The lowest BCUT2D eigenvalue weighted by molar-refractivity contribution is -0.140. The quantitative estimate of drug-likeness (QED) is 0.566.